The zero-order valence-corrected chi connectivity index (χ0v) is 11.2. The fraction of sp³-hybridized carbons (Fsp3) is 0.429. The Labute approximate surface area is 110 Å². The highest BCUT2D eigenvalue weighted by Crippen LogP contribution is 2.48. The number of nitrogens with zero attached hydrogens (tertiary/aromatic N) is 1. The summed E-state index contributed by atoms with van der Waals surface area (Å²) in [5.41, 5.74) is 7.85. The summed E-state index contributed by atoms with van der Waals surface area (Å²) >= 11 is 0. The van der Waals surface area contributed by atoms with Crippen molar-refractivity contribution in [1.29, 1.82) is 0 Å². The Bertz CT molecular complexity index is 697. The second-order valence-corrected chi connectivity index (χ2v) is 5.46. The highest BCUT2D eigenvalue weighted by molar-refractivity contribution is 5.77. The summed E-state index contributed by atoms with van der Waals surface area (Å²) in [5.74, 6) is 1.91. The van der Waals surface area contributed by atoms with Crippen molar-refractivity contribution in [2.24, 2.45) is 5.92 Å². The number of aryl methyl sites for hydroxylation is 1. The molecule has 1 aliphatic carbocycles. The molecule has 2 aromatic heterocycles. The van der Waals surface area contributed by atoms with Crippen LogP contribution in [0.3, 0.4) is 0 Å². The van der Waals surface area contributed by atoms with Crippen LogP contribution in [0, 0.1) is 12.8 Å². The molecule has 0 bridgehead atoms. The largest absolute Gasteiger partial charge is 0.428 e. The molecule has 100 valence electrons. The molecular weight excluding hydrogens is 244 g/mol. The molecule has 5 heteroatoms. The number of anilines is 1. The van der Waals surface area contributed by atoms with Gasteiger partial charge in [0.25, 0.3) is 0 Å². The maximum Gasteiger partial charge on any atom is 0.340 e. The molecule has 0 saturated carbocycles. The average molecular weight is 260 g/mol. The van der Waals surface area contributed by atoms with Crippen molar-refractivity contribution in [3.63, 3.8) is 0 Å². The first-order chi connectivity index (χ1) is 8.99. The Morgan fingerprint density at radius 1 is 1.42 bits per heavy atom. The number of nitrogens with two attached hydrogens (primary N) is 1. The molecule has 5 nitrogen and oxygen atoms in total. The van der Waals surface area contributed by atoms with Gasteiger partial charge in [-0.15, -0.1) is 0 Å². The van der Waals surface area contributed by atoms with Crippen molar-refractivity contribution in [3.05, 3.63) is 33.4 Å². The monoisotopic (exact) mass is 260 g/mol. The van der Waals surface area contributed by atoms with Crippen LogP contribution >= 0.6 is 0 Å². The minimum Gasteiger partial charge on any atom is -0.428 e. The van der Waals surface area contributed by atoms with Crippen molar-refractivity contribution in [1.82, 2.24) is 5.16 Å². The van der Waals surface area contributed by atoms with E-state index in [9.17, 15) is 4.79 Å². The normalized spacial score (nSPS) is 16.7. The van der Waals surface area contributed by atoms with Gasteiger partial charge in [0.15, 0.2) is 11.6 Å². The van der Waals surface area contributed by atoms with E-state index in [4.69, 9.17) is 14.7 Å². The summed E-state index contributed by atoms with van der Waals surface area (Å²) < 4.78 is 10.5. The minimum absolute atomic E-state index is 0.0758. The van der Waals surface area contributed by atoms with E-state index in [0.717, 1.165) is 17.5 Å². The lowest BCUT2D eigenvalue weighted by Gasteiger charge is -2.13. The molecule has 0 aliphatic heterocycles. The fourth-order valence-electron chi connectivity index (χ4n) is 2.83. The number of nitrogen functional groups attached to an aromatic ring is 1. The van der Waals surface area contributed by atoms with E-state index in [1.807, 2.05) is 6.07 Å². The topological polar surface area (TPSA) is 82.3 Å². The summed E-state index contributed by atoms with van der Waals surface area (Å²) in [7, 11) is 0. The van der Waals surface area contributed by atoms with E-state index >= 15 is 0 Å². The first-order valence-electron chi connectivity index (χ1n) is 6.39. The van der Waals surface area contributed by atoms with Crippen LogP contribution in [0.5, 0.6) is 0 Å². The minimum atomic E-state index is -0.300. The smallest absolute Gasteiger partial charge is 0.340 e. The summed E-state index contributed by atoms with van der Waals surface area (Å²) in [6, 6.07) is 1.82. The summed E-state index contributed by atoms with van der Waals surface area (Å²) in [6.45, 7) is 5.96. The van der Waals surface area contributed by atoms with Crippen LogP contribution in [0.1, 0.15) is 43.1 Å². The molecule has 3 rings (SSSR count). The summed E-state index contributed by atoms with van der Waals surface area (Å²) in [6.07, 6.45) is 0.819. The fourth-order valence-corrected chi connectivity index (χ4v) is 2.83. The molecule has 2 heterocycles. The van der Waals surface area contributed by atoms with Gasteiger partial charge in [0.1, 0.15) is 5.76 Å². The third-order valence-electron chi connectivity index (χ3n) is 3.52. The molecule has 1 atom stereocenters. The van der Waals surface area contributed by atoms with Gasteiger partial charge >= 0.3 is 5.63 Å². The molecule has 0 spiro atoms. The lowest BCUT2D eigenvalue weighted by atomic mass is 9.90. The maximum atomic E-state index is 12.1. The molecule has 0 aromatic carbocycles. The molecule has 0 saturated heterocycles. The van der Waals surface area contributed by atoms with Gasteiger partial charge in [-0.3, -0.25) is 0 Å². The van der Waals surface area contributed by atoms with E-state index in [1.165, 1.54) is 0 Å². The molecule has 1 aliphatic rings. The van der Waals surface area contributed by atoms with E-state index in [2.05, 4.69) is 19.0 Å². The first kappa shape index (κ1) is 12.0. The van der Waals surface area contributed by atoms with Crippen molar-refractivity contribution >= 4 is 5.82 Å². The number of fused-ring (bicyclic) bond motifs is 3. The van der Waals surface area contributed by atoms with E-state index in [1.54, 1.807) is 6.92 Å². The van der Waals surface area contributed by atoms with Crippen molar-refractivity contribution in [3.8, 4) is 11.3 Å². The number of rotatable bonds is 2. The predicted molar refractivity (Wildman–Crippen MR) is 70.9 cm³/mol. The van der Waals surface area contributed by atoms with Gasteiger partial charge in [-0.25, -0.2) is 4.79 Å². The molecule has 0 radical (unpaired) electrons. The molecule has 0 unspecified atom stereocenters. The molecule has 2 N–H and O–H groups in total. The second kappa shape index (κ2) is 3.98. The Hall–Kier alpha value is -2.04. The van der Waals surface area contributed by atoms with E-state index < -0.39 is 0 Å². The van der Waals surface area contributed by atoms with E-state index in [0.29, 0.717) is 28.8 Å². The van der Waals surface area contributed by atoms with Crippen molar-refractivity contribution in [2.75, 3.05) is 5.73 Å². The standard InChI is InChI=1S/C14H16N2O3/c1-6(2)4-8-10-9(5-7(3)18-14(10)17)12-11(8)13(15)16-19-12/h5-6,8H,4H2,1-3H3,(H2,15,16)/t8-/m1/s1. The maximum absolute atomic E-state index is 12.1. The predicted octanol–water partition coefficient (Wildman–Crippen LogP) is 2.68. The quantitative estimate of drug-likeness (QED) is 0.897. The number of aromatic nitrogens is 1. The van der Waals surface area contributed by atoms with Crippen LogP contribution in [0.25, 0.3) is 11.3 Å². The van der Waals surface area contributed by atoms with Crippen molar-refractivity contribution in [2.45, 2.75) is 33.1 Å². The summed E-state index contributed by atoms with van der Waals surface area (Å²) in [5, 5.41) is 3.82. The van der Waals surface area contributed by atoms with Crippen LogP contribution in [0.2, 0.25) is 0 Å². The van der Waals surface area contributed by atoms with Crippen molar-refractivity contribution < 1.29 is 8.94 Å². The molecule has 19 heavy (non-hydrogen) atoms. The average Bonchev–Trinajstić information content (AvgIpc) is 2.80. The van der Waals surface area contributed by atoms with Crippen LogP contribution in [-0.4, -0.2) is 5.16 Å². The number of hydrogen-bond acceptors (Lipinski definition) is 5. The van der Waals surface area contributed by atoms with Gasteiger partial charge in [0.05, 0.1) is 11.1 Å². The highest BCUT2D eigenvalue weighted by atomic mass is 16.5. The third kappa shape index (κ3) is 1.69. The van der Waals surface area contributed by atoms with Gasteiger partial charge in [-0.1, -0.05) is 19.0 Å². The van der Waals surface area contributed by atoms with Gasteiger partial charge < -0.3 is 14.7 Å². The SMILES string of the molecule is Cc1cc2c(c(=O)o1)[C@@H](CC(C)C)c1c(N)noc1-2. The Morgan fingerprint density at radius 3 is 2.84 bits per heavy atom. The zero-order valence-electron chi connectivity index (χ0n) is 11.2. The highest BCUT2D eigenvalue weighted by Gasteiger charge is 2.38. The van der Waals surface area contributed by atoms with E-state index in [-0.39, 0.29) is 11.5 Å². The first-order valence-corrected chi connectivity index (χ1v) is 6.39. The van der Waals surface area contributed by atoms with Gasteiger partial charge in [-0.2, -0.15) is 0 Å². The molecule has 0 fully saturated rings. The van der Waals surface area contributed by atoms with Gasteiger partial charge in [0.2, 0.25) is 0 Å². The Balaban J connectivity index is 2.28. The lowest BCUT2D eigenvalue weighted by molar-refractivity contribution is 0.433. The van der Waals surface area contributed by atoms with Crippen LogP contribution in [-0.2, 0) is 0 Å². The third-order valence-corrected chi connectivity index (χ3v) is 3.52. The van der Waals surface area contributed by atoms with Gasteiger partial charge in [-0.05, 0) is 25.3 Å². The van der Waals surface area contributed by atoms with Gasteiger partial charge in [0, 0.05) is 11.5 Å². The second-order valence-electron chi connectivity index (χ2n) is 5.46. The zero-order chi connectivity index (χ0) is 13.7. The van der Waals surface area contributed by atoms with Crippen LogP contribution in [0.15, 0.2) is 19.8 Å². The number of hydrogen-bond donors (Lipinski definition) is 1. The molecule has 0 amide bonds. The lowest BCUT2D eigenvalue weighted by Crippen LogP contribution is -2.14. The Kier molecular flexibility index (Phi) is 2.52. The van der Waals surface area contributed by atoms with Crippen LogP contribution in [0.4, 0.5) is 5.82 Å². The summed E-state index contributed by atoms with van der Waals surface area (Å²) in [4.78, 5) is 12.1. The van der Waals surface area contributed by atoms with Crippen LogP contribution < -0.4 is 11.4 Å². The Morgan fingerprint density at radius 2 is 2.16 bits per heavy atom. The molecular formula is C14H16N2O3. The molecule has 2 aromatic rings.